The van der Waals surface area contributed by atoms with E-state index < -0.39 is 0 Å². The molecule has 0 radical (unpaired) electrons. The second-order valence-electron chi connectivity index (χ2n) is 14.4. The van der Waals surface area contributed by atoms with Crippen molar-refractivity contribution in [3.63, 3.8) is 0 Å². The van der Waals surface area contributed by atoms with Crippen molar-refractivity contribution in [2.45, 2.75) is 0 Å². The van der Waals surface area contributed by atoms with Crippen LogP contribution in [0.25, 0.3) is 94.5 Å². The van der Waals surface area contributed by atoms with Crippen LogP contribution >= 0.6 is 0 Å². The minimum Gasteiger partial charge on any atom is -0.309 e. The average Bonchev–Trinajstić information content (AvgIpc) is 3.63. The lowest BCUT2D eigenvalue weighted by atomic mass is 9.96. The van der Waals surface area contributed by atoms with Gasteiger partial charge in [0, 0.05) is 27.6 Å². The smallest absolute Gasteiger partial charge is 0.0991 e. The van der Waals surface area contributed by atoms with Crippen LogP contribution in [0, 0.1) is 11.3 Å². The van der Waals surface area contributed by atoms with Gasteiger partial charge in [0.1, 0.15) is 0 Å². The predicted octanol–water partition coefficient (Wildman–Crippen LogP) is 14.1. The van der Waals surface area contributed by atoms with Gasteiger partial charge in [-0.1, -0.05) is 152 Å². The van der Waals surface area contributed by atoms with Crippen LogP contribution in [0.4, 0.5) is 0 Å². The van der Waals surface area contributed by atoms with Gasteiger partial charge in [0.15, 0.2) is 0 Å². The Bertz CT molecular complexity index is 3060. The van der Waals surface area contributed by atoms with Gasteiger partial charge in [-0.05, 0) is 105 Å². The van der Waals surface area contributed by atoms with E-state index >= 15 is 0 Å². The van der Waals surface area contributed by atoms with Gasteiger partial charge in [0.05, 0.1) is 34.1 Å². The number of aromatic nitrogens is 2. The highest BCUT2D eigenvalue weighted by atomic mass is 15.0. The van der Waals surface area contributed by atoms with Gasteiger partial charge in [0.2, 0.25) is 0 Å². The summed E-state index contributed by atoms with van der Waals surface area (Å²) >= 11 is 0. The first-order valence-electron chi connectivity index (χ1n) is 19.2. The monoisotopic (exact) mass is 725 g/mol. The maximum atomic E-state index is 9.90. The van der Waals surface area contributed by atoms with Crippen molar-refractivity contribution in [2.75, 3.05) is 0 Å². The van der Waals surface area contributed by atoms with Crippen molar-refractivity contribution in [2.24, 2.45) is 0 Å². The minimum absolute atomic E-state index is 0.620. The van der Waals surface area contributed by atoms with Crippen LogP contribution in [0.1, 0.15) is 5.56 Å². The van der Waals surface area contributed by atoms with Gasteiger partial charge in [-0.3, -0.25) is 0 Å². The molecule has 0 atom stereocenters. The summed E-state index contributed by atoms with van der Waals surface area (Å²) in [5, 5.41) is 12.3. The first-order valence-corrected chi connectivity index (χ1v) is 19.2. The molecule has 0 N–H and O–H groups in total. The standard InChI is InChI=1S/C54H35N3/c55-36-37-14-12-21-41(28-37)45-30-47(52-34-46(39-17-6-2-7-18-39)33-51(56-52)40-19-8-3-9-20-40)32-48(31-45)57-53-25-11-10-24-49(53)50-27-26-44(35-54(50)57)43-23-13-22-42(29-43)38-15-4-1-5-16-38/h1-35H. The summed E-state index contributed by atoms with van der Waals surface area (Å²) in [5.41, 5.74) is 16.6. The van der Waals surface area contributed by atoms with E-state index in [2.05, 4.69) is 193 Å². The summed E-state index contributed by atoms with van der Waals surface area (Å²) in [6.07, 6.45) is 0. The van der Waals surface area contributed by atoms with E-state index in [9.17, 15) is 5.26 Å². The summed E-state index contributed by atoms with van der Waals surface area (Å²) in [6, 6.07) is 76.9. The molecule has 10 rings (SSSR count). The Morgan fingerprint density at radius 2 is 0.825 bits per heavy atom. The van der Waals surface area contributed by atoms with Crippen LogP contribution in [0.2, 0.25) is 0 Å². The number of nitriles is 1. The van der Waals surface area contributed by atoms with Crippen LogP contribution in [-0.2, 0) is 0 Å². The van der Waals surface area contributed by atoms with Crippen LogP contribution in [-0.4, -0.2) is 9.55 Å². The molecule has 266 valence electrons. The SMILES string of the molecule is N#Cc1cccc(-c2cc(-c3cc(-c4ccccc4)cc(-c4ccccc4)n3)cc(-n3c4ccccc4c4ccc(-c5cccc(-c6ccccc6)c5)cc43)c2)c1. The molecule has 0 spiro atoms. The van der Waals surface area contributed by atoms with E-state index in [0.29, 0.717) is 5.56 Å². The number of rotatable bonds is 7. The van der Waals surface area contributed by atoms with Gasteiger partial charge in [-0.15, -0.1) is 0 Å². The minimum atomic E-state index is 0.620. The third kappa shape index (κ3) is 6.46. The third-order valence-corrected chi connectivity index (χ3v) is 10.8. The lowest BCUT2D eigenvalue weighted by Gasteiger charge is -2.16. The normalized spacial score (nSPS) is 11.1. The fourth-order valence-corrected chi connectivity index (χ4v) is 7.99. The Balaban J connectivity index is 1.22. The third-order valence-electron chi connectivity index (χ3n) is 10.8. The summed E-state index contributed by atoms with van der Waals surface area (Å²) in [7, 11) is 0. The van der Waals surface area contributed by atoms with Gasteiger partial charge < -0.3 is 4.57 Å². The number of para-hydroxylation sites is 1. The van der Waals surface area contributed by atoms with E-state index in [0.717, 1.165) is 72.6 Å². The van der Waals surface area contributed by atoms with E-state index in [1.807, 2.05) is 30.3 Å². The zero-order chi connectivity index (χ0) is 38.1. The fourth-order valence-electron chi connectivity index (χ4n) is 7.99. The summed E-state index contributed by atoms with van der Waals surface area (Å²) in [6.45, 7) is 0. The molecule has 0 aliphatic rings. The lowest BCUT2D eigenvalue weighted by molar-refractivity contribution is 1.18. The number of nitrogens with zero attached hydrogens (tertiary/aromatic N) is 3. The molecule has 3 heteroatoms. The van der Waals surface area contributed by atoms with Gasteiger partial charge in [-0.25, -0.2) is 4.98 Å². The van der Waals surface area contributed by atoms with E-state index in [-0.39, 0.29) is 0 Å². The van der Waals surface area contributed by atoms with E-state index in [4.69, 9.17) is 4.98 Å². The molecule has 0 aliphatic carbocycles. The second-order valence-corrected chi connectivity index (χ2v) is 14.4. The van der Waals surface area contributed by atoms with Crippen molar-refractivity contribution in [1.82, 2.24) is 9.55 Å². The molecular weight excluding hydrogens is 691 g/mol. The number of pyridine rings is 1. The van der Waals surface area contributed by atoms with Crippen LogP contribution < -0.4 is 0 Å². The quantitative estimate of drug-likeness (QED) is 0.164. The first kappa shape index (κ1) is 33.7. The number of hydrogen-bond donors (Lipinski definition) is 0. The van der Waals surface area contributed by atoms with E-state index in [1.54, 1.807) is 0 Å². The Labute approximate surface area is 332 Å². The zero-order valence-electron chi connectivity index (χ0n) is 31.0. The Morgan fingerprint density at radius 3 is 1.54 bits per heavy atom. The second kappa shape index (κ2) is 14.5. The molecule has 2 heterocycles. The molecule has 0 saturated carbocycles. The summed E-state index contributed by atoms with van der Waals surface area (Å²) in [4.78, 5) is 5.34. The van der Waals surface area contributed by atoms with Crippen molar-refractivity contribution in [1.29, 1.82) is 5.26 Å². The molecule has 57 heavy (non-hydrogen) atoms. The zero-order valence-corrected chi connectivity index (χ0v) is 31.0. The number of fused-ring (bicyclic) bond motifs is 3. The molecule has 0 amide bonds. The van der Waals surface area contributed by atoms with Gasteiger partial charge in [-0.2, -0.15) is 5.26 Å². The molecule has 8 aromatic carbocycles. The Kier molecular flexibility index (Phi) is 8.56. The fraction of sp³-hybridized carbons (Fsp3) is 0. The van der Waals surface area contributed by atoms with Crippen molar-refractivity contribution >= 4 is 21.8 Å². The predicted molar refractivity (Wildman–Crippen MR) is 236 cm³/mol. The summed E-state index contributed by atoms with van der Waals surface area (Å²) < 4.78 is 2.38. The Hall–Kier alpha value is -7.80. The molecule has 0 fully saturated rings. The lowest BCUT2D eigenvalue weighted by Crippen LogP contribution is -1.98. The maximum absolute atomic E-state index is 9.90. The van der Waals surface area contributed by atoms with Gasteiger partial charge >= 0.3 is 0 Å². The molecule has 0 bridgehead atoms. The van der Waals surface area contributed by atoms with Crippen molar-refractivity contribution in [3.05, 3.63) is 218 Å². The highest BCUT2D eigenvalue weighted by molar-refractivity contribution is 6.10. The summed E-state index contributed by atoms with van der Waals surface area (Å²) in [5.74, 6) is 0. The largest absolute Gasteiger partial charge is 0.309 e. The van der Waals surface area contributed by atoms with Crippen LogP contribution in [0.5, 0.6) is 0 Å². The van der Waals surface area contributed by atoms with Crippen molar-refractivity contribution < 1.29 is 0 Å². The molecule has 0 unspecified atom stereocenters. The average molecular weight is 726 g/mol. The maximum Gasteiger partial charge on any atom is 0.0991 e. The molecule has 0 aliphatic heterocycles. The highest BCUT2D eigenvalue weighted by Gasteiger charge is 2.17. The number of hydrogen-bond acceptors (Lipinski definition) is 2. The topological polar surface area (TPSA) is 41.6 Å². The van der Waals surface area contributed by atoms with E-state index in [1.165, 1.54) is 21.9 Å². The molecule has 0 saturated heterocycles. The van der Waals surface area contributed by atoms with Gasteiger partial charge in [0.25, 0.3) is 0 Å². The highest BCUT2D eigenvalue weighted by Crippen LogP contribution is 2.39. The van der Waals surface area contributed by atoms with Crippen LogP contribution in [0.3, 0.4) is 0 Å². The first-order chi connectivity index (χ1) is 28.2. The molecule has 2 aromatic heterocycles. The van der Waals surface area contributed by atoms with Crippen LogP contribution in [0.15, 0.2) is 212 Å². The Morgan fingerprint density at radius 1 is 0.333 bits per heavy atom. The molecular formula is C54H35N3. The number of benzene rings is 8. The van der Waals surface area contributed by atoms with Crippen molar-refractivity contribution in [3.8, 4) is 78.8 Å². The molecule has 10 aromatic rings. The molecule has 3 nitrogen and oxygen atoms in total.